The molecule has 1 aliphatic rings. The number of nitrogens with zero attached hydrogens (tertiary/aromatic N) is 1. The minimum absolute atomic E-state index is 0.0362. The Morgan fingerprint density at radius 3 is 2.76 bits per heavy atom. The zero-order chi connectivity index (χ0) is 15.4. The van der Waals surface area contributed by atoms with Crippen molar-refractivity contribution in [1.82, 2.24) is 5.32 Å². The van der Waals surface area contributed by atoms with Gasteiger partial charge < -0.3 is 15.3 Å². The van der Waals surface area contributed by atoms with Gasteiger partial charge in [0.2, 0.25) is 6.41 Å². The first-order chi connectivity index (χ1) is 10.0. The van der Waals surface area contributed by atoms with E-state index in [4.69, 9.17) is 0 Å². The maximum atomic E-state index is 13.7. The van der Waals surface area contributed by atoms with Crippen LogP contribution in [-0.2, 0) is 9.59 Å². The Balaban J connectivity index is 2.04. The molecule has 0 aliphatic heterocycles. The molecule has 0 aromatic heterocycles. The van der Waals surface area contributed by atoms with Crippen molar-refractivity contribution in [3.63, 3.8) is 0 Å². The van der Waals surface area contributed by atoms with Crippen molar-refractivity contribution in [2.45, 2.75) is 31.9 Å². The van der Waals surface area contributed by atoms with Crippen molar-refractivity contribution >= 4 is 18.0 Å². The quantitative estimate of drug-likeness (QED) is 0.739. The van der Waals surface area contributed by atoms with Crippen LogP contribution in [0, 0.1) is 11.7 Å². The molecule has 6 heteroatoms. The first kappa shape index (κ1) is 15.4. The summed E-state index contributed by atoms with van der Waals surface area (Å²) < 4.78 is 13.7. The van der Waals surface area contributed by atoms with Crippen LogP contribution in [0.1, 0.15) is 19.8 Å². The van der Waals surface area contributed by atoms with E-state index in [9.17, 15) is 19.1 Å². The molecule has 1 aromatic carbocycles. The van der Waals surface area contributed by atoms with Gasteiger partial charge in [0.1, 0.15) is 5.82 Å². The van der Waals surface area contributed by atoms with Crippen LogP contribution in [0.3, 0.4) is 0 Å². The molecule has 0 bridgehead atoms. The van der Waals surface area contributed by atoms with Crippen molar-refractivity contribution < 1.29 is 19.1 Å². The smallest absolute Gasteiger partial charge is 0.251 e. The van der Waals surface area contributed by atoms with Crippen molar-refractivity contribution in [2.75, 3.05) is 11.4 Å². The number of benzene rings is 1. The van der Waals surface area contributed by atoms with Gasteiger partial charge in [0.15, 0.2) is 6.10 Å². The Labute approximate surface area is 122 Å². The largest absolute Gasteiger partial charge is 0.381 e. The monoisotopic (exact) mass is 294 g/mol. The van der Waals surface area contributed by atoms with E-state index in [-0.39, 0.29) is 5.69 Å². The van der Waals surface area contributed by atoms with Crippen molar-refractivity contribution in [1.29, 1.82) is 0 Å². The fraction of sp³-hybridized carbons (Fsp3) is 0.467. The summed E-state index contributed by atoms with van der Waals surface area (Å²) in [5, 5.41) is 12.7. The fourth-order valence-corrected chi connectivity index (χ4v) is 2.08. The molecule has 5 nitrogen and oxygen atoms in total. The molecule has 2 unspecified atom stereocenters. The third-order valence-electron chi connectivity index (χ3n) is 3.67. The minimum Gasteiger partial charge on any atom is -0.381 e. The number of aliphatic hydroxyl groups is 1. The first-order valence-corrected chi connectivity index (χ1v) is 6.98. The van der Waals surface area contributed by atoms with E-state index in [1.165, 1.54) is 25.1 Å². The van der Waals surface area contributed by atoms with Gasteiger partial charge in [0, 0.05) is 6.54 Å². The predicted molar refractivity (Wildman–Crippen MR) is 76.1 cm³/mol. The molecule has 0 radical (unpaired) electrons. The summed E-state index contributed by atoms with van der Waals surface area (Å²) in [6.45, 7) is 2.03. The zero-order valence-corrected chi connectivity index (χ0v) is 11.8. The molecule has 2 atom stereocenters. The van der Waals surface area contributed by atoms with Crippen LogP contribution < -0.4 is 10.2 Å². The number of para-hydroxylation sites is 1. The molecule has 2 amide bonds. The lowest BCUT2D eigenvalue weighted by atomic mass is 10.1. The van der Waals surface area contributed by atoms with Gasteiger partial charge in [-0.25, -0.2) is 4.39 Å². The molecule has 0 saturated heterocycles. The molecule has 0 heterocycles. The SMILES string of the molecule is CC(C(O)C(=O)NCC1CC1)N(C=O)c1ccccc1F. The van der Waals surface area contributed by atoms with Gasteiger partial charge in [0.25, 0.3) is 5.91 Å². The number of nitrogens with one attached hydrogen (secondary N) is 1. The number of halogens is 1. The van der Waals surface area contributed by atoms with Gasteiger partial charge in [-0.2, -0.15) is 0 Å². The molecule has 0 spiro atoms. The number of rotatable bonds is 7. The lowest BCUT2D eigenvalue weighted by Gasteiger charge is -2.28. The molecular weight excluding hydrogens is 275 g/mol. The minimum atomic E-state index is -1.41. The topological polar surface area (TPSA) is 69.6 Å². The van der Waals surface area contributed by atoms with Crippen LogP contribution in [0.2, 0.25) is 0 Å². The second-order valence-corrected chi connectivity index (χ2v) is 5.34. The molecule has 1 fully saturated rings. The molecule has 2 rings (SSSR count). The van der Waals surface area contributed by atoms with Crippen LogP contribution >= 0.6 is 0 Å². The summed E-state index contributed by atoms with van der Waals surface area (Å²) in [5.41, 5.74) is 0.0362. The summed E-state index contributed by atoms with van der Waals surface area (Å²) in [6, 6.07) is 4.87. The van der Waals surface area contributed by atoms with Crippen LogP contribution in [-0.4, -0.2) is 36.1 Å². The Bertz CT molecular complexity index is 519. The van der Waals surface area contributed by atoms with Crippen LogP contribution in [0.5, 0.6) is 0 Å². The van der Waals surface area contributed by atoms with E-state index in [0.29, 0.717) is 18.9 Å². The van der Waals surface area contributed by atoms with Crippen LogP contribution in [0.4, 0.5) is 10.1 Å². The number of hydrogen-bond donors (Lipinski definition) is 2. The highest BCUT2D eigenvalue weighted by atomic mass is 19.1. The Kier molecular flexibility index (Phi) is 4.90. The summed E-state index contributed by atoms with van der Waals surface area (Å²) in [6.07, 6.45) is 1.18. The Morgan fingerprint density at radius 2 is 2.19 bits per heavy atom. The molecule has 114 valence electrons. The molecule has 1 saturated carbocycles. The highest BCUT2D eigenvalue weighted by Gasteiger charge is 2.30. The average Bonchev–Trinajstić information content (AvgIpc) is 3.30. The average molecular weight is 294 g/mol. The highest BCUT2D eigenvalue weighted by Crippen LogP contribution is 2.27. The van der Waals surface area contributed by atoms with Crippen LogP contribution in [0.25, 0.3) is 0 Å². The first-order valence-electron chi connectivity index (χ1n) is 6.98. The van der Waals surface area contributed by atoms with E-state index in [1.54, 1.807) is 6.07 Å². The number of carbonyl (C=O) groups is 2. The summed E-state index contributed by atoms with van der Waals surface area (Å²) in [7, 11) is 0. The molecule has 1 aromatic rings. The maximum Gasteiger partial charge on any atom is 0.251 e. The number of anilines is 1. The van der Waals surface area contributed by atoms with Gasteiger partial charge in [-0.15, -0.1) is 0 Å². The van der Waals surface area contributed by atoms with E-state index < -0.39 is 23.9 Å². The lowest BCUT2D eigenvalue weighted by Crippen LogP contribution is -2.49. The van der Waals surface area contributed by atoms with E-state index >= 15 is 0 Å². The number of amides is 2. The van der Waals surface area contributed by atoms with E-state index in [2.05, 4.69) is 5.32 Å². The van der Waals surface area contributed by atoms with Gasteiger partial charge in [-0.1, -0.05) is 12.1 Å². The summed E-state index contributed by atoms with van der Waals surface area (Å²) in [5.74, 6) is -0.634. The third kappa shape index (κ3) is 3.78. The molecule has 1 aliphatic carbocycles. The van der Waals surface area contributed by atoms with Gasteiger partial charge >= 0.3 is 0 Å². The van der Waals surface area contributed by atoms with Crippen LogP contribution in [0.15, 0.2) is 24.3 Å². The lowest BCUT2D eigenvalue weighted by molar-refractivity contribution is -0.130. The second kappa shape index (κ2) is 6.67. The Hall–Kier alpha value is -1.95. The Morgan fingerprint density at radius 1 is 1.52 bits per heavy atom. The summed E-state index contributed by atoms with van der Waals surface area (Å²) in [4.78, 5) is 24.1. The molecule has 21 heavy (non-hydrogen) atoms. The van der Waals surface area contributed by atoms with Gasteiger partial charge in [-0.05, 0) is 37.8 Å². The normalized spacial score (nSPS) is 16.9. The summed E-state index contributed by atoms with van der Waals surface area (Å²) >= 11 is 0. The van der Waals surface area contributed by atoms with Crippen molar-refractivity contribution in [3.8, 4) is 0 Å². The maximum absolute atomic E-state index is 13.7. The standard InChI is InChI=1S/C15H19FN2O3/c1-10(14(20)15(21)17-8-11-6-7-11)18(9-19)13-5-3-2-4-12(13)16/h2-5,9-11,14,20H,6-8H2,1H3,(H,17,21). The van der Waals surface area contributed by atoms with Gasteiger partial charge in [0.05, 0.1) is 11.7 Å². The molecular formula is C15H19FN2O3. The van der Waals surface area contributed by atoms with Crippen molar-refractivity contribution in [3.05, 3.63) is 30.1 Å². The van der Waals surface area contributed by atoms with E-state index in [1.807, 2.05) is 0 Å². The second-order valence-electron chi connectivity index (χ2n) is 5.34. The zero-order valence-electron chi connectivity index (χ0n) is 11.8. The van der Waals surface area contributed by atoms with Gasteiger partial charge in [-0.3, -0.25) is 9.59 Å². The van der Waals surface area contributed by atoms with Crippen molar-refractivity contribution in [2.24, 2.45) is 5.92 Å². The highest BCUT2D eigenvalue weighted by molar-refractivity contribution is 5.84. The number of aliphatic hydroxyl groups excluding tert-OH is 1. The number of carbonyl (C=O) groups excluding carboxylic acids is 2. The third-order valence-corrected chi connectivity index (χ3v) is 3.67. The molecule has 2 N–H and O–H groups in total. The van der Waals surface area contributed by atoms with E-state index in [0.717, 1.165) is 17.7 Å². The fourth-order valence-electron chi connectivity index (χ4n) is 2.08. The number of hydrogen-bond acceptors (Lipinski definition) is 3. The predicted octanol–water partition coefficient (Wildman–Crippen LogP) is 1.06.